The molecule has 2 aromatic rings. The summed E-state index contributed by atoms with van der Waals surface area (Å²) in [5.74, 6) is 0. The fraction of sp³-hybridized carbons (Fsp3) is 0.353. The lowest BCUT2D eigenvalue weighted by molar-refractivity contribution is 0.00578. The maximum absolute atomic E-state index is 6.29. The van der Waals surface area contributed by atoms with Crippen molar-refractivity contribution in [2.75, 3.05) is 0 Å². The second-order valence-corrected chi connectivity index (χ2v) is 7.03. The molecule has 0 atom stereocenters. The van der Waals surface area contributed by atoms with Crippen LogP contribution < -0.4 is 5.46 Å². The van der Waals surface area contributed by atoms with E-state index < -0.39 is 7.12 Å². The topological polar surface area (TPSA) is 31.4 Å². The summed E-state index contributed by atoms with van der Waals surface area (Å²) in [6, 6.07) is 9.81. The Labute approximate surface area is 136 Å². The highest BCUT2D eigenvalue weighted by molar-refractivity contribution is 6.62. The van der Waals surface area contributed by atoms with Crippen LogP contribution in [-0.2, 0) is 9.31 Å². The third-order valence-corrected chi connectivity index (χ3v) is 4.68. The standard InChI is InChI=1S/C17H19BClNO2/c1-16(2)17(3,4)22-18(21-16)14-9-13(10-15(19)11-14)12-5-7-20-8-6-12/h5-11H,1-4H3. The summed E-state index contributed by atoms with van der Waals surface area (Å²) in [4.78, 5) is 4.05. The lowest BCUT2D eigenvalue weighted by Gasteiger charge is -2.32. The monoisotopic (exact) mass is 315 g/mol. The van der Waals surface area contributed by atoms with E-state index in [9.17, 15) is 0 Å². The highest BCUT2D eigenvalue weighted by Gasteiger charge is 2.51. The van der Waals surface area contributed by atoms with E-state index in [0.717, 1.165) is 16.6 Å². The molecule has 22 heavy (non-hydrogen) atoms. The molecule has 1 aromatic carbocycles. The highest BCUT2D eigenvalue weighted by atomic mass is 35.5. The maximum atomic E-state index is 6.29. The molecule has 0 radical (unpaired) electrons. The molecule has 0 N–H and O–H groups in total. The van der Waals surface area contributed by atoms with E-state index in [2.05, 4.69) is 11.1 Å². The molecular weight excluding hydrogens is 296 g/mol. The molecule has 0 amide bonds. The normalized spacial score (nSPS) is 19.4. The number of pyridine rings is 1. The highest BCUT2D eigenvalue weighted by Crippen LogP contribution is 2.37. The van der Waals surface area contributed by atoms with E-state index in [1.807, 2.05) is 52.0 Å². The maximum Gasteiger partial charge on any atom is 0.494 e. The number of benzene rings is 1. The number of hydrogen-bond donors (Lipinski definition) is 0. The SMILES string of the molecule is CC1(C)OB(c2cc(Cl)cc(-c3ccncc3)c2)OC1(C)C. The Hall–Kier alpha value is -1.36. The molecule has 0 bridgehead atoms. The van der Waals surface area contributed by atoms with Crippen molar-refractivity contribution in [2.45, 2.75) is 38.9 Å². The summed E-state index contributed by atoms with van der Waals surface area (Å²) >= 11 is 6.29. The van der Waals surface area contributed by atoms with E-state index in [1.165, 1.54) is 0 Å². The van der Waals surface area contributed by atoms with E-state index in [-0.39, 0.29) is 11.2 Å². The summed E-state index contributed by atoms with van der Waals surface area (Å²) in [6.45, 7) is 8.17. The average molecular weight is 316 g/mol. The molecule has 0 aliphatic carbocycles. The van der Waals surface area contributed by atoms with Gasteiger partial charge in [0.2, 0.25) is 0 Å². The molecule has 5 heteroatoms. The Morgan fingerprint density at radius 3 is 2.09 bits per heavy atom. The fourth-order valence-electron chi connectivity index (χ4n) is 2.44. The van der Waals surface area contributed by atoms with Gasteiger partial charge in [0.15, 0.2) is 0 Å². The van der Waals surface area contributed by atoms with E-state index in [0.29, 0.717) is 5.02 Å². The van der Waals surface area contributed by atoms with E-state index in [4.69, 9.17) is 20.9 Å². The van der Waals surface area contributed by atoms with Crippen molar-refractivity contribution in [1.29, 1.82) is 0 Å². The van der Waals surface area contributed by atoms with Crippen molar-refractivity contribution in [2.24, 2.45) is 0 Å². The van der Waals surface area contributed by atoms with Gasteiger partial charge in [-0.25, -0.2) is 0 Å². The summed E-state index contributed by atoms with van der Waals surface area (Å²) in [5.41, 5.74) is 2.29. The van der Waals surface area contributed by atoms with Crippen LogP contribution in [0.5, 0.6) is 0 Å². The quantitative estimate of drug-likeness (QED) is 0.792. The second kappa shape index (κ2) is 5.37. The van der Waals surface area contributed by atoms with Crippen molar-refractivity contribution in [3.63, 3.8) is 0 Å². The van der Waals surface area contributed by atoms with Gasteiger partial charge in [-0.1, -0.05) is 17.7 Å². The van der Waals surface area contributed by atoms with Gasteiger partial charge in [0.1, 0.15) is 0 Å². The lowest BCUT2D eigenvalue weighted by atomic mass is 9.78. The second-order valence-electron chi connectivity index (χ2n) is 6.60. The van der Waals surface area contributed by atoms with Crippen LogP contribution in [0.25, 0.3) is 11.1 Å². The predicted octanol–water partition coefficient (Wildman–Crippen LogP) is 3.70. The number of hydrogen-bond acceptors (Lipinski definition) is 3. The molecule has 114 valence electrons. The summed E-state index contributed by atoms with van der Waals surface area (Å²) in [5, 5.41) is 0.666. The molecule has 3 rings (SSSR count). The smallest absolute Gasteiger partial charge is 0.399 e. The summed E-state index contributed by atoms with van der Waals surface area (Å²) < 4.78 is 12.2. The third kappa shape index (κ3) is 2.79. The molecule has 0 spiro atoms. The molecule has 0 saturated carbocycles. The van der Waals surface area contributed by atoms with E-state index in [1.54, 1.807) is 12.4 Å². The lowest BCUT2D eigenvalue weighted by Crippen LogP contribution is -2.41. The molecule has 3 nitrogen and oxygen atoms in total. The van der Waals surface area contributed by atoms with Gasteiger partial charge in [-0.15, -0.1) is 0 Å². The first-order valence-corrected chi connectivity index (χ1v) is 7.73. The minimum atomic E-state index is -0.413. The van der Waals surface area contributed by atoms with Crippen molar-refractivity contribution in [3.8, 4) is 11.1 Å². The van der Waals surface area contributed by atoms with Gasteiger partial charge in [0, 0.05) is 17.4 Å². The van der Waals surface area contributed by atoms with Crippen LogP contribution in [-0.4, -0.2) is 23.3 Å². The van der Waals surface area contributed by atoms with Gasteiger partial charge in [-0.3, -0.25) is 4.98 Å². The van der Waals surface area contributed by atoms with Crippen molar-refractivity contribution in [3.05, 3.63) is 47.7 Å². The number of aromatic nitrogens is 1. The van der Waals surface area contributed by atoms with Gasteiger partial charge in [-0.2, -0.15) is 0 Å². The molecule has 1 aliphatic heterocycles. The first-order valence-electron chi connectivity index (χ1n) is 7.35. The predicted molar refractivity (Wildman–Crippen MR) is 90.4 cm³/mol. The minimum absolute atomic E-state index is 0.364. The molecule has 1 aromatic heterocycles. The summed E-state index contributed by atoms with van der Waals surface area (Å²) in [7, 11) is -0.413. The molecule has 1 fully saturated rings. The van der Waals surface area contributed by atoms with Gasteiger partial charge < -0.3 is 9.31 Å². The summed E-state index contributed by atoms with van der Waals surface area (Å²) in [6.07, 6.45) is 3.54. The zero-order valence-corrected chi connectivity index (χ0v) is 14.0. The molecule has 1 aliphatic rings. The van der Waals surface area contributed by atoms with Crippen LogP contribution in [0, 0.1) is 0 Å². The van der Waals surface area contributed by atoms with Gasteiger partial charge in [0.25, 0.3) is 0 Å². The Bertz CT molecular complexity index is 672. The number of nitrogens with zero attached hydrogens (tertiary/aromatic N) is 1. The Kier molecular flexibility index (Phi) is 3.80. The van der Waals surface area contributed by atoms with Crippen LogP contribution in [0.3, 0.4) is 0 Å². The van der Waals surface area contributed by atoms with Crippen LogP contribution in [0.1, 0.15) is 27.7 Å². The van der Waals surface area contributed by atoms with Crippen LogP contribution in [0.15, 0.2) is 42.7 Å². The van der Waals surface area contributed by atoms with E-state index >= 15 is 0 Å². The molecule has 0 unspecified atom stereocenters. The van der Waals surface area contributed by atoms with Crippen molar-refractivity contribution < 1.29 is 9.31 Å². The molecule has 1 saturated heterocycles. The first-order chi connectivity index (χ1) is 10.3. The fourth-order valence-corrected chi connectivity index (χ4v) is 2.68. The van der Waals surface area contributed by atoms with Crippen LogP contribution in [0.4, 0.5) is 0 Å². The molecule has 2 heterocycles. The van der Waals surface area contributed by atoms with Gasteiger partial charge >= 0.3 is 7.12 Å². The van der Waals surface area contributed by atoms with Crippen molar-refractivity contribution >= 4 is 24.2 Å². The minimum Gasteiger partial charge on any atom is -0.399 e. The van der Waals surface area contributed by atoms with Crippen LogP contribution in [0.2, 0.25) is 5.02 Å². The molecular formula is C17H19BClNO2. The zero-order chi connectivity index (χ0) is 16.0. The van der Waals surface area contributed by atoms with Gasteiger partial charge in [-0.05, 0) is 68.6 Å². The van der Waals surface area contributed by atoms with Crippen LogP contribution >= 0.6 is 11.6 Å². The van der Waals surface area contributed by atoms with Gasteiger partial charge in [0.05, 0.1) is 11.2 Å². The largest absolute Gasteiger partial charge is 0.494 e. The average Bonchev–Trinajstić information content (AvgIpc) is 2.68. The zero-order valence-electron chi connectivity index (χ0n) is 13.3. The first kappa shape index (κ1) is 15.5. The number of halogens is 1. The number of rotatable bonds is 2. The Balaban J connectivity index is 1.98. The Morgan fingerprint density at radius 1 is 0.909 bits per heavy atom. The Morgan fingerprint density at radius 2 is 1.50 bits per heavy atom. The van der Waals surface area contributed by atoms with Crippen molar-refractivity contribution in [1.82, 2.24) is 4.98 Å². The third-order valence-electron chi connectivity index (χ3n) is 4.46.